The molecule has 0 radical (unpaired) electrons. The Morgan fingerprint density at radius 3 is 2.57 bits per heavy atom. The molecule has 2 heteroatoms. The van der Waals surface area contributed by atoms with Crippen molar-refractivity contribution in [3.05, 3.63) is 11.6 Å². The van der Waals surface area contributed by atoms with Crippen LogP contribution in [0.25, 0.3) is 0 Å². The highest BCUT2D eigenvalue weighted by Crippen LogP contribution is 2.11. The molecule has 0 aromatic rings. The number of allylic oxidation sites excluding steroid dienone is 1. The van der Waals surface area contributed by atoms with Gasteiger partial charge in [0.05, 0.1) is 6.61 Å². The van der Waals surface area contributed by atoms with Gasteiger partial charge >= 0.3 is 5.97 Å². The monoisotopic (exact) mass is 198 g/mol. The van der Waals surface area contributed by atoms with Crippen LogP contribution in [0.15, 0.2) is 11.6 Å². The first-order valence-electron chi connectivity index (χ1n) is 5.40. The van der Waals surface area contributed by atoms with Crippen LogP contribution >= 0.6 is 0 Å². The van der Waals surface area contributed by atoms with Crippen molar-refractivity contribution in [3.63, 3.8) is 0 Å². The number of rotatable bonds is 6. The molecule has 82 valence electrons. The van der Waals surface area contributed by atoms with Crippen molar-refractivity contribution >= 4 is 5.97 Å². The average Bonchev–Trinajstić information content (AvgIpc) is 2.03. The van der Waals surface area contributed by atoms with E-state index < -0.39 is 0 Å². The quantitative estimate of drug-likeness (QED) is 0.483. The van der Waals surface area contributed by atoms with E-state index in [0.717, 1.165) is 24.3 Å². The Kier molecular flexibility index (Phi) is 7.17. The Balaban J connectivity index is 3.71. The molecule has 0 atom stereocenters. The van der Waals surface area contributed by atoms with Gasteiger partial charge in [0.15, 0.2) is 0 Å². The van der Waals surface area contributed by atoms with Gasteiger partial charge in [-0.05, 0) is 32.6 Å². The van der Waals surface area contributed by atoms with Crippen molar-refractivity contribution < 1.29 is 9.53 Å². The zero-order valence-electron chi connectivity index (χ0n) is 9.80. The minimum atomic E-state index is -0.213. The molecule has 0 amide bonds. The van der Waals surface area contributed by atoms with Crippen LogP contribution in [0.4, 0.5) is 0 Å². The van der Waals surface area contributed by atoms with Crippen molar-refractivity contribution in [2.75, 3.05) is 6.61 Å². The molecule has 0 aliphatic carbocycles. The van der Waals surface area contributed by atoms with E-state index in [9.17, 15) is 4.79 Å². The van der Waals surface area contributed by atoms with Gasteiger partial charge in [0.25, 0.3) is 0 Å². The zero-order chi connectivity index (χ0) is 11.0. The number of ether oxygens (including phenoxy) is 1. The second kappa shape index (κ2) is 7.60. The second-order valence-corrected chi connectivity index (χ2v) is 4.03. The highest BCUT2D eigenvalue weighted by Gasteiger charge is 1.99. The van der Waals surface area contributed by atoms with Crippen molar-refractivity contribution in [2.24, 2.45) is 5.92 Å². The van der Waals surface area contributed by atoms with Crippen molar-refractivity contribution in [2.45, 2.75) is 47.0 Å². The molecule has 0 bridgehead atoms. The lowest BCUT2D eigenvalue weighted by Gasteiger charge is -2.04. The van der Waals surface area contributed by atoms with E-state index in [0.29, 0.717) is 6.61 Å². The fourth-order valence-corrected chi connectivity index (χ4v) is 1.25. The summed E-state index contributed by atoms with van der Waals surface area (Å²) in [5.74, 6) is 0.528. The molecular weight excluding hydrogens is 176 g/mol. The molecule has 0 aliphatic rings. The van der Waals surface area contributed by atoms with Crippen LogP contribution in [-0.4, -0.2) is 12.6 Å². The molecule has 0 saturated heterocycles. The Morgan fingerprint density at radius 1 is 1.43 bits per heavy atom. The number of hydrogen-bond acceptors (Lipinski definition) is 2. The van der Waals surface area contributed by atoms with Crippen LogP contribution in [0.1, 0.15) is 47.0 Å². The van der Waals surface area contributed by atoms with Gasteiger partial charge in [0.2, 0.25) is 0 Å². The van der Waals surface area contributed by atoms with Gasteiger partial charge < -0.3 is 4.74 Å². The minimum Gasteiger partial charge on any atom is -0.463 e. The summed E-state index contributed by atoms with van der Waals surface area (Å²) >= 11 is 0. The summed E-state index contributed by atoms with van der Waals surface area (Å²) < 4.78 is 4.82. The van der Waals surface area contributed by atoms with Crippen LogP contribution in [-0.2, 0) is 9.53 Å². The maximum atomic E-state index is 11.1. The van der Waals surface area contributed by atoms with E-state index in [2.05, 4.69) is 13.8 Å². The standard InChI is InChI=1S/C12H22O2/c1-5-14-12(13)9-11(4)8-6-7-10(2)3/h9-10H,5-8H2,1-4H3. The van der Waals surface area contributed by atoms with Gasteiger partial charge in [-0.15, -0.1) is 0 Å². The molecule has 0 rings (SSSR count). The molecule has 0 unspecified atom stereocenters. The lowest BCUT2D eigenvalue weighted by Crippen LogP contribution is -2.00. The first-order chi connectivity index (χ1) is 6.56. The molecule has 0 heterocycles. The summed E-state index contributed by atoms with van der Waals surface area (Å²) in [6.45, 7) is 8.68. The lowest BCUT2D eigenvalue weighted by atomic mass is 10.0. The van der Waals surface area contributed by atoms with E-state index in [4.69, 9.17) is 4.74 Å². The first-order valence-corrected chi connectivity index (χ1v) is 5.40. The zero-order valence-corrected chi connectivity index (χ0v) is 9.80. The number of carbonyl (C=O) groups is 1. The fourth-order valence-electron chi connectivity index (χ4n) is 1.25. The highest BCUT2D eigenvalue weighted by atomic mass is 16.5. The highest BCUT2D eigenvalue weighted by molar-refractivity contribution is 5.82. The summed E-state index contributed by atoms with van der Waals surface area (Å²) in [6.07, 6.45) is 4.97. The summed E-state index contributed by atoms with van der Waals surface area (Å²) in [5, 5.41) is 0. The maximum Gasteiger partial charge on any atom is 0.330 e. The van der Waals surface area contributed by atoms with E-state index in [1.807, 2.05) is 13.8 Å². The predicted molar refractivity (Wildman–Crippen MR) is 59.1 cm³/mol. The third-order valence-corrected chi connectivity index (χ3v) is 2.00. The smallest absolute Gasteiger partial charge is 0.330 e. The van der Waals surface area contributed by atoms with Gasteiger partial charge in [-0.25, -0.2) is 4.79 Å². The maximum absolute atomic E-state index is 11.1. The van der Waals surface area contributed by atoms with Crippen LogP contribution in [0.3, 0.4) is 0 Å². The molecule has 0 aliphatic heterocycles. The molecular formula is C12H22O2. The predicted octanol–water partition coefficient (Wildman–Crippen LogP) is 3.32. The molecule has 0 aromatic carbocycles. The average molecular weight is 198 g/mol. The van der Waals surface area contributed by atoms with Crippen LogP contribution < -0.4 is 0 Å². The summed E-state index contributed by atoms with van der Waals surface area (Å²) in [7, 11) is 0. The third kappa shape index (κ3) is 7.84. The molecule has 0 saturated carbocycles. The number of esters is 1. The lowest BCUT2D eigenvalue weighted by molar-refractivity contribution is -0.137. The Labute approximate surface area is 87.3 Å². The first kappa shape index (κ1) is 13.2. The van der Waals surface area contributed by atoms with Crippen LogP contribution in [0, 0.1) is 5.92 Å². The van der Waals surface area contributed by atoms with Crippen LogP contribution in [0.2, 0.25) is 0 Å². The van der Waals surface area contributed by atoms with Crippen molar-refractivity contribution in [1.82, 2.24) is 0 Å². The summed E-state index contributed by atoms with van der Waals surface area (Å²) in [5.41, 5.74) is 1.11. The summed E-state index contributed by atoms with van der Waals surface area (Å²) in [4.78, 5) is 11.1. The molecule has 14 heavy (non-hydrogen) atoms. The fraction of sp³-hybridized carbons (Fsp3) is 0.750. The van der Waals surface area contributed by atoms with Gasteiger partial charge in [-0.2, -0.15) is 0 Å². The van der Waals surface area contributed by atoms with Crippen molar-refractivity contribution in [3.8, 4) is 0 Å². The number of carbonyl (C=O) groups excluding carboxylic acids is 1. The van der Waals surface area contributed by atoms with Gasteiger partial charge in [0.1, 0.15) is 0 Å². The van der Waals surface area contributed by atoms with Crippen LogP contribution in [0.5, 0.6) is 0 Å². The van der Waals surface area contributed by atoms with E-state index >= 15 is 0 Å². The van der Waals surface area contributed by atoms with Gasteiger partial charge in [-0.3, -0.25) is 0 Å². The second-order valence-electron chi connectivity index (χ2n) is 4.03. The Hall–Kier alpha value is -0.790. The topological polar surface area (TPSA) is 26.3 Å². The molecule has 0 aromatic heterocycles. The Morgan fingerprint density at radius 2 is 2.07 bits per heavy atom. The SMILES string of the molecule is CCOC(=O)C=C(C)CCCC(C)C. The van der Waals surface area contributed by atoms with E-state index in [-0.39, 0.29) is 5.97 Å². The minimum absolute atomic E-state index is 0.213. The van der Waals surface area contributed by atoms with Gasteiger partial charge in [0, 0.05) is 6.08 Å². The van der Waals surface area contributed by atoms with E-state index in [1.54, 1.807) is 6.08 Å². The van der Waals surface area contributed by atoms with Crippen molar-refractivity contribution in [1.29, 1.82) is 0 Å². The largest absolute Gasteiger partial charge is 0.463 e. The molecule has 0 N–H and O–H groups in total. The van der Waals surface area contributed by atoms with E-state index in [1.165, 1.54) is 6.42 Å². The molecule has 2 nitrogen and oxygen atoms in total. The summed E-state index contributed by atoms with van der Waals surface area (Å²) in [6, 6.07) is 0. The Bertz CT molecular complexity index is 192. The normalized spacial score (nSPS) is 11.9. The molecule has 0 spiro atoms. The number of hydrogen-bond donors (Lipinski definition) is 0. The van der Waals surface area contributed by atoms with Gasteiger partial charge in [-0.1, -0.05) is 25.8 Å². The molecule has 0 fully saturated rings. The third-order valence-electron chi connectivity index (χ3n) is 2.00.